The normalized spacial score (nSPS) is 24.2. The summed E-state index contributed by atoms with van der Waals surface area (Å²) in [6, 6.07) is 9.64. The van der Waals surface area contributed by atoms with E-state index < -0.39 is 62.6 Å². The van der Waals surface area contributed by atoms with Gasteiger partial charge in [0.2, 0.25) is 0 Å². The summed E-state index contributed by atoms with van der Waals surface area (Å²) in [5, 5.41) is 18.0. The molecule has 4 saturated heterocycles. The molecule has 2 N–H and O–H groups in total. The van der Waals surface area contributed by atoms with E-state index in [0.717, 1.165) is 14.4 Å². The van der Waals surface area contributed by atoms with Gasteiger partial charge >= 0.3 is 40.2 Å². The van der Waals surface area contributed by atoms with Crippen molar-refractivity contribution < 1.29 is 57.0 Å². The fourth-order valence-electron chi connectivity index (χ4n) is 5.70. The zero-order valence-electron chi connectivity index (χ0n) is 35.5. The number of carboxylic acid groups (broad SMARTS) is 2. The minimum atomic E-state index is -1.01. The first kappa shape index (κ1) is 47.0. The van der Waals surface area contributed by atoms with Crippen molar-refractivity contribution in [2.75, 3.05) is 0 Å². The quantitative estimate of drug-likeness (QED) is 0.294. The Hall–Kier alpha value is -1.72. The molecule has 0 amide bonds. The summed E-state index contributed by atoms with van der Waals surface area (Å²) in [5.74, 6) is -1.92. The predicted molar refractivity (Wildman–Crippen MR) is 226 cm³/mol. The number of carbonyl (C=O) groups is 2. The van der Waals surface area contributed by atoms with Crippen LogP contribution in [-0.2, 0) is 37.2 Å². The van der Waals surface area contributed by atoms with Gasteiger partial charge in [0.05, 0.1) is 55.9 Å². The van der Waals surface area contributed by atoms with Crippen LogP contribution in [0, 0.1) is 0 Å². The maximum absolute atomic E-state index is 11.5. The molecule has 6 rings (SSSR count). The molecule has 2 aromatic rings. The van der Waals surface area contributed by atoms with E-state index in [1.165, 1.54) is 6.07 Å². The van der Waals surface area contributed by atoms with Crippen LogP contribution in [-0.4, -0.2) is 95.2 Å². The first-order chi connectivity index (χ1) is 25.2. The van der Waals surface area contributed by atoms with Crippen molar-refractivity contribution in [3.8, 4) is 0 Å². The molecule has 18 heteroatoms. The smallest absolute Gasteiger partial charge is 0.478 e. The second-order valence-corrected chi connectivity index (χ2v) is 20.2. The molecule has 4 aliphatic heterocycles. The Labute approximate surface area is 350 Å². The summed E-state index contributed by atoms with van der Waals surface area (Å²) < 4.78 is 50.1. The highest BCUT2D eigenvalue weighted by molar-refractivity contribution is 9.13. The number of aromatic carboxylic acids is 2. The Bertz CT molecular complexity index is 1720. The van der Waals surface area contributed by atoms with Crippen molar-refractivity contribution in [2.45, 2.75) is 156 Å². The van der Waals surface area contributed by atoms with E-state index in [4.69, 9.17) is 42.3 Å². The van der Waals surface area contributed by atoms with Gasteiger partial charge < -0.3 is 47.4 Å². The van der Waals surface area contributed by atoms with Crippen LogP contribution in [0.25, 0.3) is 0 Å². The van der Waals surface area contributed by atoms with Crippen LogP contribution >= 0.6 is 31.9 Å². The van der Waals surface area contributed by atoms with Crippen LogP contribution in [0.4, 0.5) is 0 Å². The lowest BCUT2D eigenvalue weighted by atomic mass is 9.49. The number of rotatable bonds is 5. The third-order valence-corrected chi connectivity index (χ3v) is 14.2. The monoisotopic (exact) mass is 906 g/mol. The van der Waals surface area contributed by atoms with Gasteiger partial charge in [0, 0.05) is 8.95 Å². The molecule has 12 nitrogen and oxygen atoms in total. The molecule has 4 aliphatic rings. The number of hydrogen-bond acceptors (Lipinski definition) is 10. The summed E-state index contributed by atoms with van der Waals surface area (Å²) in [7, 11) is -2.29. The SMILES string of the molecule is CC1(C)OB(B2OC(C)(C)C(C)(C)O2)OC1(C)C.CC1(C)OB(c2ccc(C(=O)O)cc2B2OC(C)(C)C(C)(C)O2)OC1(C)C.O=C(O)c1ccc(Br)c(Br)c1. The average Bonchev–Trinajstić information content (AvgIpc) is 3.59. The number of hydrogen-bond donors (Lipinski definition) is 2. The van der Waals surface area contributed by atoms with E-state index in [1.54, 1.807) is 30.3 Å². The molecule has 306 valence electrons. The molecule has 2 aromatic carbocycles. The zero-order valence-corrected chi connectivity index (χ0v) is 38.7. The molecule has 0 saturated carbocycles. The molecule has 56 heavy (non-hydrogen) atoms. The molecular weight excluding hydrogens is 851 g/mol. The lowest BCUT2D eigenvalue weighted by molar-refractivity contribution is 0.00578. The minimum Gasteiger partial charge on any atom is -0.478 e. The maximum atomic E-state index is 11.5. The van der Waals surface area contributed by atoms with E-state index in [9.17, 15) is 14.7 Å². The first-order valence-electron chi connectivity index (χ1n) is 18.6. The Morgan fingerprint density at radius 1 is 0.429 bits per heavy atom. The van der Waals surface area contributed by atoms with Crippen LogP contribution in [0.2, 0.25) is 0 Å². The summed E-state index contributed by atoms with van der Waals surface area (Å²) in [6.45, 7) is 32.0. The third-order valence-electron chi connectivity index (χ3n) is 12.3. The molecule has 0 aromatic heterocycles. The minimum absolute atomic E-state index is 0.167. The third kappa shape index (κ3) is 9.50. The summed E-state index contributed by atoms with van der Waals surface area (Å²) in [4.78, 5) is 21.9. The molecule has 0 bridgehead atoms. The second kappa shape index (κ2) is 15.7. The highest BCUT2D eigenvalue weighted by Gasteiger charge is 2.64. The fraction of sp³-hybridized carbons (Fsp3) is 0.632. The van der Waals surface area contributed by atoms with Gasteiger partial charge in [-0.3, -0.25) is 0 Å². The van der Waals surface area contributed by atoms with Crippen molar-refractivity contribution in [3.63, 3.8) is 0 Å². The van der Waals surface area contributed by atoms with Crippen LogP contribution in [0.5, 0.6) is 0 Å². The van der Waals surface area contributed by atoms with Crippen molar-refractivity contribution in [2.24, 2.45) is 0 Å². The molecule has 0 atom stereocenters. The largest absolute Gasteiger partial charge is 0.494 e. The van der Waals surface area contributed by atoms with Gasteiger partial charge in [-0.1, -0.05) is 6.07 Å². The Morgan fingerprint density at radius 3 is 1.04 bits per heavy atom. The van der Waals surface area contributed by atoms with Gasteiger partial charge in [0.15, 0.2) is 0 Å². The van der Waals surface area contributed by atoms with Crippen molar-refractivity contribution in [3.05, 3.63) is 56.5 Å². The zero-order chi connectivity index (χ0) is 42.8. The highest BCUT2D eigenvalue weighted by Crippen LogP contribution is 2.43. The molecule has 0 spiro atoms. The van der Waals surface area contributed by atoms with E-state index in [1.807, 2.05) is 111 Å². The molecule has 0 aliphatic carbocycles. The lowest BCUT2D eigenvalue weighted by Crippen LogP contribution is -2.52. The molecule has 4 fully saturated rings. The van der Waals surface area contributed by atoms with Crippen molar-refractivity contribution >= 4 is 83.0 Å². The summed E-state index contributed by atoms with van der Waals surface area (Å²) >= 11 is 6.44. The molecule has 0 unspecified atom stereocenters. The Balaban J connectivity index is 0.000000206. The second-order valence-electron chi connectivity index (χ2n) is 18.5. The van der Waals surface area contributed by atoms with E-state index in [-0.39, 0.29) is 33.5 Å². The van der Waals surface area contributed by atoms with E-state index in [2.05, 4.69) is 31.9 Å². The van der Waals surface area contributed by atoms with Crippen LogP contribution < -0.4 is 10.9 Å². The van der Waals surface area contributed by atoms with E-state index >= 15 is 0 Å². The fourth-order valence-corrected chi connectivity index (χ4v) is 6.32. The van der Waals surface area contributed by atoms with Gasteiger partial charge in [-0.05, 0) is 184 Å². The standard InChI is InChI=1S/C19H28B2O6.C12H24B2O4.C7H4Br2O2/c1-16(2)17(3,4)25-20(24-16)13-10-9-12(15(22)23)11-14(13)21-26-18(5,6)19(7,8)27-21;1-9(2)10(3,4)16-13(15-9)14-17-11(5,6)12(7,8)18-14;8-5-2-1-4(7(10)11)3-6(5)9/h9-11H,1-8H3,(H,22,23);1-8H3;1-3H,(H,10,11). The summed E-state index contributed by atoms with van der Waals surface area (Å²) in [6.07, 6.45) is 0. The van der Waals surface area contributed by atoms with Crippen molar-refractivity contribution in [1.29, 1.82) is 0 Å². The van der Waals surface area contributed by atoms with Crippen LogP contribution in [0.1, 0.15) is 131 Å². The maximum Gasteiger partial charge on any atom is 0.494 e. The van der Waals surface area contributed by atoms with E-state index in [0.29, 0.717) is 5.46 Å². The van der Waals surface area contributed by atoms with Gasteiger partial charge in [-0.2, -0.15) is 0 Å². The van der Waals surface area contributed by atoms with Crippen molar-refractivity contribution in [1.82, 2.24) is 0 Å². The van der Waals surface area contributed by atoms with Crippen LogP contribution in [0.3, 0.4) is 0 Å². The van der Waals surface area contributed by atoms with Gasteiger partial charge in [-0.15, -0.1) is 0 Å². The van der Waals surface area contributed by atoms with Gasteiger partial charge in [-0.25, -0.2) is 9.59 Å². The average molecular weight is 908 g/mol. The first-order valence-corrected chi connectivity index (χ1v) is 20.2. The number of benzene rings is 2. The van der Waals surface area contributed by atoms with Gasteiger partial charge in [0.25, 0.3) is 0 Å². The Morgan fingerprint density at radius 2 is 0.714 bits per heavy atom. The Kier molecular flexibility index (Phi) is 13.2. The topological polar surface area (TPSA) is 148 Å². The molecular formula is C38H56B4Br2O12. The number of halogens is 2. The highest BCUT2D eigenvalue weighted by atomic mass is 79.9. The summed E-state index contributed by atoms with van der Waals surface area (Å²) in [5.41, 5.74) is -1.74. The van der Waals surface area contributed by atoms with Gasteiger partial charge in [0.1, 0.15) is 0 Å². The molecule has 0 radical (unpaired) electrons. The predicted octanol–water partition coefficient (Wildman–Crippen LogP) is 7.14. The van der Waals surface area contributed by atoms with Crippen LogP contribution in [0.15, 0.2) is 45.3 Å². The molecule has 4 heterocycles. The number of carboxylic acids is 2. The lowest BCUT2D eigenvalue weighted by Gasteiger charge is -2.32.